The number of nitriles is 1. The van der Waals surface area contributed by atoms with Crippen LogP contribution in [0.25, 0.3) is 44.5 Å². The number of benzene rings is 6. The zero-order valence-corrected chi connectivity index (χ0v) is 32.7. The van der Waals surface area contributed by atoms with Gasteiger partial charge >= 0.3 is 0 Å². The zero-order valence-electron chi connectivity index (χ0n) is 32.7. The summed E-state index contributed by atoms with van der Waals surface area (Å²) < 4.78 is 6.46. The van der Waals surface area contributed by atoms with Gasteiger partial charge in [0.05, 0.1) is 34.1 Å². The van der Waals surface area contributed by atoms with Gasteiger partial charge in [0.2, 0.25) is 0 Å². The Morgan fingerprint density at radius 1 is 0.683 bits per heavy atom. The first-order valence-corrected chi connectivity index (χ1v) is 19.8. The SMILES string of the molecule is C=C(N=C(N=C(C)c1ccccc1)c1ccccc1)c1ccc2oc3ccnc(C4=NC(c5ccccc5)=C5CC5C(c5ccc(-c6ccccc6C#N)cc5)=N4)c3c2c1. The minimum atomic E-state index is 0.110. The molecule has 0 radical (unpaired) electrons. The molecule has 6 aromatic carbocycles. The Hall–Kier alpha value is -8.08. The average Bonchev–Trinajstić information content (AvgIpc) is 4.03. The minimum Gasteiger partial charge on any atom is -0.456 e. The molecule has 1 atom stereocenters. The van der Waals surface area contributed by atoms with E-state index in [2.05, 4.69) is 55.1 Å². The van der Waals surface area contributed by atoms with Crippen molar-refractivity contribution in [3.05, 3.63) is 221 Å². The topological polar surface area (TPSA) is 99.3 Å². The van der Waals surface area contributed by atoms with Crippen LogP contribution in [0, 0.1) is 17.2 Å². The number of aromatic nitrogens is 1. The standard InChI is InChI=1S/C53H36N6O/c1-33(35-14-6-3-7-15-35)56-52(39-18-10-5-11-19-39)57-34(2)40-26-27-46-45(30-40)48-47(60-46)28-29-55-51(48)53-58-49(37-16-8-4-9-17-37)43-31-44(43)50(59-53)38-24-22-36(23-25-38)42-21-13-12-20-41(42)32-54/h3-30,44H,2,31H2,1H3. The van der Waals surface area contributed by atoms with Gasteiger partial charge in [0.1, 0.15) is 16.9 Å². The lowest BCUT2D eigenvalue weighted by Gasteiger charge is -2.09. The highest BCUT2D eigenvalue weighted by Gasteiger charge is 2.41. The number of fused-ring (bicyclic) bond motifs is 4. The van der Waals surface area contributed by atoms with Gasteiger partial charge in [-0.1, -0.05) is 140 Å². The molecule has 8 aromatic rings. The quantitative estimate of drug-likeness (QED) is 0.114. The highest BCUT2D eigenvalue weighted by molar-refractivity contribution is 6.24. The summed E-state index contributed by atoms with van der Waals surface area (Å²) in [5.74, 6) is 1.19. The molecule has 7 nitrogen and oxygen atoms in total. The lowest BCUT2D eigenvalue weighted by atomic mass is 9.97. The third-order valence-electron chi connectivity index (χ3n) is 11.0. The van der Waals surface area contributed by atoms with Gasteiger partial charge in [-0.2, -0.15) is 5.26 Å². The van der Waals surface area contributed by atoms with Crippen LogP contribution >= 0.6 is 0 Å². The number of nitrogens with zero attached hydrogens (tertiary/aromatic N) is 6. The summed E-state index contributed by atoms with van der Waals surface area (Å²) in [5.41, 5.74) is 13.8. The summed E-state index contributed by atoms with van der Waals surface area (Å²) in [6, 6.07) is 56.5. The largest absolute Gasteiger partial charge is 0.456 e. The molecule has 284 valence electrons. The van der Waals surface area contributed by atoms with Crippen molar-refractivity contribution in [3.63, 3.8) is 0 Å². The zero-order chi connectivity index (χ0) is 40.6. The monoisotopic (exact) mass is 772 g/mol. The van der Waals surface area contributed by atoms with Crippen molar-refractivity contribution in [2.24, 2.45) is 25.9 Å². The van der Waals surface area contributed by atoms with Crippen molar-refractivity contribution in [2.75, 3.05) is 0 Å². The average molecular weight is 773 g/mol. The fraction of sp³-hybridized carbons (Fsp3) is 0.0566. The minimum absolute atomic E-state index is 0.110. The summed E-state index contributed by atoms with van der Waals surface area (Å²) in [7, 11) is 0. The Morgan fingerprint density at radius 3 is 2.12 bits per heavy atom. The second kappa shape index (κ2) is 15.4. The van der Waals surface area contributed by atoms with Crippen molar-refractivity contribution >= 4 is 56.4 Å². The predicted octanol–water partition coefficient (Wildman–Crippen LogP) is 12.1. The second-order valence-electron chi connectivity index (χ2n) is 14.8. The molecule has 2 aromatic heterocycles. The van der Waals surface area contributed by atoms with Crippen LogP contribution < -0.4 is 0 Å². The molecule has 10 rings (SSSR count). The van der Waals surface area contributed by atoms with E-state index in [4.69, 9.17) is 29.4 Å². The second-order valence-corrected chi connectivity index (χ2v) is 14.8. The molecule has 7 heteroatoms. The molecule has 0 saturated heterocycles. The lowest BCUT2D eigenvalue weighted by molar-refractivity contribution is 0.668. The normalized spacial score (nSPS) is 15.2. The van der Waals surface area contributed by atoms with Crippen LogP contribution in [0.4, 0.5) is 0 Å². The molecule has 3 heterocycles. The maximum atomic E-state index is 9.76. The number of allylic oxidation sites excluding steroid dienone is 1. The van der Waals surface area contributed by atoms with E-state index in [-0.39, 0.29) is 5.92 Å². The van der Waals surface area contributed by atoms with E-state index in [9.17, 15) is 5.26 Å². The first kappa shape index (κ1) is 36.3. The van der Waals surface area contributed by atoms with Gasteiger partial charge in [0.15, 0.2) is 11.7 Å². The fourth-order valence-corrected chi connectivity index (χ4v) is 7.86. The van der Waals surface area contributed by atoms with Crippen molar-refractivity contribution in [3.8, 4) is 17.2 Å². The summed E-state index contributed by atoms with van der Waals surface area (Å²) in [5, 5.41) is 11.4. The predicted molar refractivity (Wildman–Crippen MR) is 243 cm³/mol. The molecular formula is C53H36N6O. The van der Waals surface area contributed by atoms with Crippen LogP contribution in [0.5, 0.6) is 0 Å². The Balaban J connectivity index is 1.09. The molecule has 1 saturated carbocycles. The molecule has 1 fully saturated rings. The van der Waals surface area contributed by atoms with Crippen LogP contribution in [-0.4, -0.2) is 28.1 Å². The number of furan rings is 1. The third-order valence-corrected chi connectivity index (χ3v) is 11.0. The Bertz CT molecular complexity index is 3180. The summed E-state index contributed by atoms with van der Waals surface area (Å²) in [6.07, 6.45) is 2.63. The highest BCUT2D eigenvalue weighted by atomic mass is 16.3. The van der Waals surface area contributed by atoms with Gasteiger partial charge in [0.25, 0.3) is 0 Å². The maximum Gasteiger partial charge on any atom is 0.179 e. The molecule has 2 aliphatic rings. The number of pyridine rings is 1. The Morgan fingerprint density at radius 2 is 1.37 bits per heavy atom. The number of hydrogen-bond acceptors (Lipinski definition) is 6. The van der Waals surface area contributed by atoms with Crippen molar-refractivity contribution in [1.82, 2.24) is 4.98 Å². The highest BCUT2D eigenvalue weighted by Crippen LogP contribution is 2.48. The number of hydrogen-bond donors (Lipinski definition) is 0. The Labute approximate surface area is 347 Å². The van der Waals surface area contributed by atoms with Gasteiger partial charge < -0.3 is 4.42 Å². The molecular weight excluding hydrogens is 737 g/mol. The van der Waals surface area contributed by atoms with Crippen LogP contribution in [0.15, 0.2) is 207 Å². The van der Waals surface area contributed by atoms with E-state index in [0.29, 0.717) is 39.8 Å². The van der Waals surface area contributed by atoms with Crippen LogP contribution in [0.1, 0.15) is 52.4 Å². The van der Waals surface area contributed by atoms with Gasteiger partial charge in [0, 0.05) is 39.9 Å². The first-order valence-electron chi connectivity index (χ1n) is 19.8. The van der Waals surface area contributed by atoms with Gasteiger partial charge in [-0.05, 0) is 71.5 Å². The third kappa shape index (κ3) is 6.86. The summed E-state index contributed by atoms with van der Waals surface area (Å²) in [6.45, 7) is 6.42. The molecule has 0 amide bonds. The number of amidine groups is 2. The Kier molecular flexibility index (Phi) is 9.28. The molecule has 1 aliphatic heterocycles. The smallest absolute Gasteiger partial charge is 0.179 e. The van der Waals surface area contributed by atoms with Crippen LogP contribution in [-0.2, 0) is 0 Å². The molecule has 1 unspecified atom stereocenters. The van der Waals surface area contributed by atoms with Crippen LogP contribution in [0.2, 0.25) is 0 Å². The van der Waals surface area contributed by atoms with E-state index in [1.54, 1.807) is 6.20 Å². The van der Waals surface area contributed by atoms with E-state index in [1.807, 2.05) is 128 Å². The van der Waals surface area contributed by atoms with E-state index >= 15 is 0 Å². The molecule has 60 heavy (non-hydrogen) atoms. The van der Waals surface area contributed by atoms with Crippen molar-refractivity contribution in [2.45, 2.75) is 13.3 Å². The molecule has 0 spiro atoms. The van der Waals surface area contributed by atoms with E-state index in [1.165, 1.54) is 5.57 Å². The van der Waals surface area contributed by atoms with Crippen LogP contribution in [0.3, 0.4) is 0 Å². The van der Waals surface area contributed by atoms with Gasteiger partial charge in [-0.15, -0.1) is 0 Å². The molecule has 0 N–H and O–H groups in total. The number of rotatable bonds is 8. The number of aliphatic imine (C=N–C) groups is 4. The van der Waals surface area contributed by atoms with Gasteiger partial charge in [-0.3, -0.25) is 4.98 Å². The first-order chi connectivity index (χ1) is 29.5. The maximum absolute atomic E-state index is 9.76. The summed E-state index contributed by atoms with van der Waals surface area (Å²) in [4.78, 5) is 25.7. The summed E-state index contributed by atoms with van der Waals surface area (Å²) >= 11 is 0. The molecule has 1 aliphatic carbocycles. The van der Waals surface area contributed by atoms with Gasteiger partial charge in [-0.25, -0.2) is 20.0 Å². The van der Waals surface area contributed by atoms with Crippen molar-refractivity contribution in [1.29, 1.82) is 5.26 Å². The van der Waals surface area contributed by atoms with Crippen molar-refractivity contribution < 1.29 is 4.42 Å². The molecule has 0 bridgehead atoms. The fourth-order valence-electron chi connectivity index (χ4n) is 7.86. The van der Waals surface area contributed by atoms with E-state index < -0.39 is 0 Å². The van der Waals surface area contributed by atoms with E-state index in [0.717, 1.165) is 73.3 Å². The lowest BCUT2D eigenvalue weighted by Crippen LogP contribution is -2.09.